The van der Waals surface area contributed by atoms with Crippen molar-refractivity contribution < 1.29 is 4.42 Å². The fraction of sp³-hybridized carbons (Fsp3) is 0.206. The van der Waals surface area contributed by atoms with Crippen LogP contribution in [0.25, 0.3) is 61.6 Å². The first-order valence-electron chi connectivity index (χ1n) is 23.7. The second-order valence-corrected chi connectivity index (χ2v) is 20.1. The summed E-state index contributed by atoms with van der Waals surface area (Å²) in [5.74, 6) is 4.64. The molecular formula is C63H50O. The number of benzene rings is 7. The molecule has 1 aromatic heterocycles. The Morgan fingerprint density at radius 3 is 2.22 bits per heavy atom. The van der Waals surface area contributed by atoms with E-state index in [1.54, 1.807) is 16.7 Å². The Labute approximate surface area is 376 Å². The van der Waals surface area contributed by atoms with Gasteiger partial charge in [-0.1, -0.05) is 189 Å². The molecule has 2 saturated carbocycles. The van der Waals surface area contributed by atoms with Gasteiger partial charge in [0.25, 0.3) is 0 Å². The number of para-hydroxylation sites is 1. The Morgan fingerprint density at radius 2 is 1.34 bits per heavy atom. The third kappa shape index (κ3) is 5.49. The number of furan rings is 1. The molecule has 14 rings (SSSR count). The molecule has 2 fully saturated rings. The average Bonchev–Trinajstić information content (AvgIpc) is 4.25. The zero-order valence-corrected chi connectivity index (χ0v) is 36.5. The minimum atomic E-state index is -0.0599. The van der Waals surface area contributed by atoms with Gasteiger partial charge in [0.1, 0.15) is 11.3 Å². The fourth-order valence-corrected chi connectivity index (χ4v) is 13.0. The van der Waals surface area contributed by atoms with Gasteiger partial charge < -0.3 is 4.42 Å². The van der Waals surface area contributed by atoms with E-state index in [1.165, 1.54) is 84.1 Å². The monoisotopic (exact) mass is 822 g/mol. The van der Waals surface area contributed by atoms with Crippen LogP contribution in [0.2, 0.25) is 0 Å². The Morgan fingerprint density at radius 1 is 0.609 bits per heavy atom. The Kier molecular flexibility index (Phi) is 7.84. The predicted molar refractivity (Wildman–Crippen MR) is 264 cm³/mol. The van der Waals surface area contributed by atoms with Gasteiger partial charge in [-0.2, -0.15) is 0 Å². The van der Waals surface area contributed by atoms with Crippen molar-refractivity contribution >= 4 is 17.0 Å². The minimum absolute atomic E-state index is 0.0599. The van der Waals surface area contributed by atoms with Gasteiger partial charge in [-0.25, -0.2) is 0 Å². The average molecular weight is 823 g/mol. The van der Waals surface area contributed by atoms with Crippen molar-refractivity contribution in [2.75, 3.05) is 0 Å². The van der Waals surface area contributed by atoms with Crippen molar-refractivity contribution in [3.05, 3.63) is 232 Å². The van der Waals surface area contributed by atoms with Crippen LogP contribution in [0, 0.1) is 17.8 Å². The van der Waals surface area contributed by atoms with Gasteiger partial charge >= 0.3 is 0 Å². The predicted octanol–water partition coefficient (Wildman–Crippen LogP) is 16.0. The summed E-state index contributed by atoms with van der Waals surface area (Å²) in [6, 6.07) is 58.4. The lowest BCUT2D eigenvalue weighted by Gasteiger charge is -2.24. The van der Waals surface area contributed by atoms with Gasteiger partial charge in [-0.05, 0) is 145 Å². The van der Waals surface area contributed by atoms with Crippen molar-refractivity contribution in [1.29, 1.82) is 0 Å². The lowest BCUT2D eigenvalue weighted by Crippen LogP contribution is -2.16. The van der Waals surface area contributed by atoms with Crippen molar-refractivity contribution in [3.63, 3.8) is 0 Å². The second-order valence-electron chi connectivity index (χ2n) is 20.1. The highest BCUT2D eigenvalue weighted by atomic mass is 16.3. The third-order valence-electron chi connectivity index (χ3n) is 16.4. The molecule has 0 amide bonds. The molecule has 6 atom stereocenters. The summed E-state index contributed by atoms with van der Waals surface area (Å²) in [5, 5.41) is 1.25. The summed E-state index contributed by atoms with van der Waals surface area (Å²) < 4.78 is 6.52. The molecule has 6 aliphatic carbocycles. The Bertz CT molecular complexity index is 3330. The summed E-state index contributed by atoms with van der Waals surface area (Å²) >= 11 is 0. The smallest absolute Gasteiger partial charge is 0.142 e. The molecule has 0 N–H and O–H groups in total. The third-order valence-corrected chi connectivity index (χ3v) is 16.4. The van der Waals surface area contributed by atoms with Gasteiger partial charge in [-0.15, -0.1) is 0 Å². The van der Waals surface area contributed by atoms with Gasteiger partial charge in [-0.3, -0.25) is 0 Å². The van der Waals surface area contributed by atoms with E-state index in [9.17, 15) is 0 Å². The number of allylic oxidation sites excluding steroid dienone is 5. The molecule has 0 spiro atoms. The first-order valence-corrected chi connectivity index (χ1v) is 23.7. The minimum Gasteiger partial charge on any atom is -0.456 e. The van der Waals surface area contributed by atoms with Crippen LogP contribution in [0.1, 0.15) is 94.7 Å². The zero-order chi connectivity index (χ0) is 42.3. The van der Waals surface area contributed by atoms with Gasteiger partial charge in [0.15, 0.2) is 0 Å². The van der Waals surface area contributed by atoms with E-state index in [4.69, 9.17) is 4.42 Å². The van der Waals surface area contributed by atoms with E-state index < -0.39 is 0 Å². The van der Waals surface area contributed by atoms with E-state index in [0.29, 0.717) is 17.8 Å². The maximum Gasteiger partial charge on any atom is 0.142 e. The quantitative estimate of drug-likeness (QED) is 0.156. The molecule has 6 unspecified atom stereocenters. The number of hydrogen-bond acceptors (Lipinski definition) is 1. The summed E-state index contributed by atoms with van der Waals surface area (Å²) in [4.78, 5) is 0. The molecule has 8 aromatic rings. The first-order chi connectivity index (χ1) is 31.5. The zero-order valence-electron chi connectivity index (χ0n) is 36.5. The molecule has 64 heavy (non-hydrogen) atoms. The van der Waals surface area contributed by atoms with Crippen LogP contribution in [-0.4, -0.2) is 0 Å². The Hall–Kier alpha value is -6.70. The van der Waals surface area contributed by atoms with E-state index in [-0.39, 0.29) is 11.3 Å². The highest BCUT2D eigenvalue weighted by molar-refractivity contribution is 5.96. The van der Waals surface area contributed by atoms with E-state index in [2.05, 4.69) is 196 Å². The van der Waals surface area contributed by atoms with Crippen LogP contribution in [0.15, 0.2) is 186 Å². The highest BCUT2D eigenvalue weighted by Crippen LogP contribution is 2.72. The second kappa shape index (κ2) is 13.7. The molecule has 0 aliphatic heterocycles. The first kappa shape index (κ1) is 36.8. The lowest BCUT2D eigenvalue weighted by atomic mass is 9.79. The maximum atomic E-state index is 6.52. The van der Waals surface area contributed by atoms with Crippen LogP contribution in [-0.2, 0) is 18.3 Å². The van der Waals surface area contributed by atoms with Gasteiger partial charge in [0.05, 0.1) is 0 Å². The number of rotatable bonds is 7. The summed E-state index contributed by atoms with van der Waals surface area (Å²) in [6.45, 7) is 4.78. The molecule has 6 aliphatic rings. The van der Waals surface area contributed by atoms with Crippen molar-refractivity contribution in [2.24, 2.45) is 17.8 Å². The van der Waals surface area contributed by atoms with E-state index in [1.807, 2.05) is 0 Å². The van der Waals surface area contributed by atoms with Crippen molar-refractivity contribution in [2.45, 2.75) is 62.7 Å². The number of fused-ring (bicyclic) bond motifs is 13. The SMILES string of the molecule is CC1(C)c2ccccc2-c2ccc(C(Cc3ccc(-c4ccc5c(c4)-c4ccccc4C4C(C6=CC=CC7CC67)C54)cc3)c3ccc(-c4cccc5c6c(oc45)C=CCC6)cc3)cc21. The number of hydrogen-bond donors (Lipinski definition) is 0. The highest BCUT2D eigenvalue weighted by Gasteiger charge is 2.60. The summed E-state index contributed by atoms with van der Waals surface area (Å²) in [7, 11) is 0. The van der Waals surface area contributed by atoms with E-state index in [0.717, 1.165) is 48.0 Å². The molecule has 7 aromatic carbocycles. The lowest BCUT2D eigenvalue weighted by molar-refractivity contribution is 0.596. The topological polar surface area (TPSA) is 13.1 Å². The fourth-order valence-electron chi connectivity index (χ4n) is 13.0. The molecule has 1 heterocycles. The summed E-state index contributed by atoms with van der Waals surface area (Å²) in [6.07, 6.45) is 16.0. The molecule has 308 valence electrons. The van der Waals surface area contributed by atoms with Crippen LogP contribution in [0.5, 0.6) is 0 Å². The van der Waals surface area contributed by atoms with Gasteiger partial charge in [0, 0.05) is 27.8 Å². The molecule has 1 nitrogen and oxygen atoms in total. The normalized spacial score (nSPS) is 22.6. The van der Waals surface area contributed by atoms with Crippen LogP contribution >= 0.6 is 0 Å². The Balaban J connectivity index is 0.806. The van der Waals surface area contributed by atoms with Crippen molar-refractivity contribution in [1.82, 2.24) is 0 Å². The molecular weight excluding hydrogens is 773 g/mol. The maximum absolute atomic E-state index is 6.52. The van der Waals surface area contributed by atoms with Crippen LogP contribution < -0.4 is 0 Å². The largest absolute Gasteiger partial charge is 0.456 e. The molecule has 0 bridgehead atoms. The van der Waals surface area contributed by atoms with E-state index >= 15 is 0 Å². The van der Waals surface area contributed by atoms with Crippen LogP contribution in [0.3, 0.4) is 0 Å². The van der Waals surface area contributed by atoms with Gasteiger partial charge in [0.2, 0.25) is 0 Å². The number of aryl methyl sites for hydroxylation is 1. The molecule has 0 saturated heterocycles. The molecule has 1 heteroatoms. The summed E-state index contributed by atoms with van der Waals surface area (Å²) in [5.41, 5.74) is 24.5. The molecule has 0 radical (unpaired) electrons. The van der Waals surface area contributed by atoms with Crippen molar-refractivity contribution in [3.8, 4) is 44.5 Å². The standard InChI is InChI=1S/C63H50O/c1-63(2)56-19-7-5-13-46(56)47-31-30-43(36-57(47)63)53(40-27-25-39(26-28-40)44-16-10-18-52-48-14-6-8-20-58(48)64-62(44)52)33-37-21-23-38(24-22-37)41-29-32-51-55(34-41)45-12-3-4-15-49(45)59-60(61(51)59)50-17-9-11-42-35-54(42)50/h3-5,7-13,15-32,34,36,42,53-54,59-61H,6,14,33,35H2,1-2H3. The van der Waals surface area contributed by atoms with Crippen LogP contribution in [0.4, 0.5) is 0 Å².